The fourth-order valence-electron chi connectivity index (χ4n) is 1.38. The van der Waals surface area contributed by atoms with Crippen molar-refractivity contribution in [1.29, 1.82) is 0 Å². The summed E-state index contributed by atoms with van der Waals surface area (Å²) in [6.07, 6.45) is 0. The monoisotopic (exact) mass is 191 g/mol. The van der Waals surface area contributed by atoms with E-state index in [0.29, 0.717) is 0 Å². The van der Waals surface area contributed by atoms with Gasteiger partial charge in [-0.3, -0.25) is 4.79 Å². The van der Waals surface area contributed by atoms with Crippen LogP contribution in [0.4, 0.5) is 5.69 Å². The number of hydrogen-bond donors (Lipinski definition) is 0. The normalized spacial score (nSPS) is 10.4. The summed E-state index contributed by atoms with van der Waals surface area (Å²) in [7, 11) is 3.90. The van der Waals surface area contributed by atoms with E-state index in [2.05, 4.69) is 0 Å². The van der Waals surface area contributed by atoms with E-state index in [0.717, 1.165) is 11.3 Å². The second kappa shape index (κ2) is 4.27. The van der Waals surface area contributed by atoms with Crippen LogP contribution in [-0.2, 0) is 0 Å². The molecular formula is C12H17NO. The number of Topliss-reactive ketones (excluding diaryl/α,β-unsaturated/α-hetero) is 1. The minimum atomic E-state index is 0.0519. The lowest BCUT2D eigenvalue weighted by molar-refractivity contribution is 0.0940. The second-order valence-electron chi connectivity index (χ2n) is 3.93. The van der Waals surface area contributed by atoms with Gasteiger partial charge in [0.2, 0.25) is 0 Å². The molecule has 0 unspecified atom stereocenters. The molecular weight excluding hydrogens is 174 g/mol. The quantitative estimate of drug-likeness (QED) is 0.684. The van der Waals surface area contributed by atoms with Crippen molar-refractivity contribution >= 4 is 11.5 Å². The first-order valence-electron chi connectivity index (χ1n) is 4.84. The van der Waals surface area contributed by atoms with Crippen LogP contribution in [0, 0.1) is 5.92 Å². The van der Waals surface area contributed by atoms with Crippen LogP contribution in [0.2, 0.25) is 0 Å². The molecule has 0 saturated heterocycles. The molecule has 0 atom stereocenters. The third kappa shape index (κ3) is 2.13. The van der Waals surface area contributed by atoms with Crippen LogP contribution in [-0.4, -0.2) is 19.9 Å². The van der Waals surface area contributed by atoms with Gasteiger partial charge in [0.15, 0.2) is 5.78 Å². The first-order valence-corrected chi connectivity index (χ1v) is 4.84. The highest BCUT2D eigenvalue weighted by Crippen LogP contribution is 2.20. The summed E-state index contributed by atoms with van der Waals surface area (Å²) in [4.78, 5) is 13.8. The number of anilines is 1. The molecule has 1 rings (SSSR count). The third-order valence-electron chi connectivity index (χ3n) is 2.18. The van der Waals surface area contributed by atoms with E-state index in [1.165, 1.54) is 0 Å². The maximum atomic E-state index is 11.8. The molecule has 14 heavy (non-hydrogen) atoms. The van der Waals surface area contributed by atoms with Crippen molar-refractivity contribution in [2.24, 2.45) is 5.92 Å². The average molecular weight is 191 g/mol. The number of nitrogens with zero attached hydrogens (tertiary/aromatic N) is 1. The van der Waals surface area contributed by atoms with Gasteiger partial charge in [0.25, 0.3) is 0 Å². The van der Waals surface area contributed by atoms with E-state index in [1.54, 1.807) is 0 Å². The van der Waals surface area contributed by atoms with E-state index >= 15 is 0 Å². The van der Waals surface area contributed by atoms with Crippen LogP contribution in [0.5, 0.6) is 0 Å². The standard InChI is InChI=1S/C12H17NO/c1-9(2)12(14)10-7-5-6-8-11(10)13(3)4/h5-9H,1-4H3. The minimum Gasteiger partial charge on any atom is -0.377 e. The Balaban J connectivity index is 3.13. The molecule has 0 saturated carbocycles. The summed E-state index contributed by atoms with van der Waals surface area (Å²) in [6, 6.07) is 7.71. The van der Waals surface area contributed by atoms with E-state index in [-0.39, 0.29) is 11.7 Å². The van der Waals surface area contributed by atoms with Gasteiger partial charge in [0.1, 0.15) is 0 Å². The fraction of sp³-hybridized carbons (Fsp3) is 0.417. The molecule has 2 heteroatoms. The topological polar surface area (TPSA) is 20.3 Å². The van der Waals surface area contributed by atoms with Gasteiger partial charge >= 0.3 is 0 Å². The molecule has 0 spiro atoms. The van der Waals surface area contributed by atoms with E-state index in [1.807, 2.05) is 57.1 Å². The summed E-state index contributed by atoms with van der Waals surface area (Å²) < 4.78 is 0. The molecule has 0 amide bonds. The smallest absolute Gasteiger partial charge is 0.167 e. The number of benzene rings is 1. The second-order valence-corrected chi connectivity index (χ2v) is 3.93. The Labute approximate surface area is 85.5 Å². The number of hydrogen-bond acceptors (Lipinski definition) is 2. The molecule has 0 aliphatic carbocycles. The van der Waals surface area contributed by atoms with Gasteiger partial charge in [-0.05, 0) is 12.1 Å². The summed E-state index contributed by atoms with van der Waals surface area (Å²) >= 11 is 0. The zero-order valence-electron chi connectivity index (χ0n) is 9.24. The molecule has 2 nitrogen and oxygen atoms in total. The molecule has 76 valence electrons. The van der Waals surface area contributed by atoms with Crippen molar-refractivity contribution < 1.29 is 4.79 Å². The lowest BCUT2D eigenvalue weighted by Crippen LogP contribution is -2.16. The number of para-hydroxylation sites is 1. The zero-order valence-corrected chi connectivity index (χ0v) is 9.24. The van der Waals surface area contributed by atoms with Gasteiger partial charge in [-0.2, -0.15) is 0 Å². The molecule has 0 radical (unpaired) electrons. The largest absolute Gasteiger partial charge is 0.377 e. The van der Waals surface area contributed by atoms with Crippen LogP contribution in [0.1, 0.15) is 24.2 Å². The summed E-state index contributed by atoms with van der Waals surface area (Å²) in [6.45, 7) is 3.85. The molecule has 0 N–H and O–H groups in total. The van der Waals surface area contributed by atoms with Crippen molar-refractivity contribution in [1.82, 2.24) is 0 Å². The Morgan fingerprint density at radius 3 is 2.29 bits per heavy atom. The van der Waals surface area contributed by atoms with Gasteiger partial charge in [0.05, 0.1) is 0 Å². The predicted molar refractivity (Wildman–Crippen MR) is 59.9 cm³/mol. The van der Waals surface area contributed by atoms with Crippen molar-refractivity contribution in [3.05, 3.63) is 29.8 Å². The van der Waals surface area contributed by atoms with Gasteiger partial charge in [-0.25, -0.2) is 0 Å². The highest BCUT2D eigenvalue weighted by Gasteiger charge is 2.14. The number of ketones is 1. The Morgan fingerprint density at radius 1 is 1.21 bits per heavy atom. The molecule has 0 heterocycles. The average Bonchev–Trinajstić information content (AvgIpc) is 2.16. The molecule has 1 aromatic rings. The minimum absolute atomic E-state index is 0.0519. The summed E-state index contributed by atoms with van der Waals surface area (Å²) in [5.74, 6) is 0.255. The number of carbonyl (C=O) groups excluding carboxylic acids is 1. The molecule has 0 aromatic heterocycles. The lowest BCUT2D eigenvalue weighted by atomic mass is 9.99. The predicted octanol–water partition coefficient (Wildman–Crippen LogP) is 2.59. The van der Waals surface area contributed by atoms with E-state index in [9.17, 15) is 4.79 Å². The Hall–Kier alpha value is -1.31. The Morgan fingerprint density at radius 2 is 1.79 bits per heavy atom. The van der Waals surface area contributed by atoms with Crippen molar-refractivity contribution in [2.45, 2.75) is 13.8 Å². The highest BCUT2D eigenvalue weighted by molar-refractivity contribution is 6.02. The van der Waals surface area contributed by atoms with Gasteiger partial charge < -0.3 is 4.90 Å². The molecule has 0 aliphatic rings. The van der Waals surface area contributed by atoms with Crippen LogP contribution in [0.25, 0.3) is 0 Å². The van der Waals surface area contributed by atoms with Crippen molar-refractivity contribution in [3.8, 4) is 0 Å². The van der Waals surface area contributed by atoms with Gasteiger partial charge in [-0.15, -0.1) is 0 Å². The fourth-order valence-corrected chi connectivity index (χ4v) is 1.38. The Bertz CT molecular complexity index is 329. The van der Waals surface area contributed by atoms with E-state index in [4.69, 9.17) is 0 Å². The maximum absolute atomic E-state index is 11.8. The van der Waals surface area contributed by atoms with Crippen LogP contribution >= 0.6 is 0 Å². The van der Waals surface area contributed by atoms with Crippen LogP contribution in [0.3, 0.4) is 0 Å². The van der Waals surface area contributed by atoms with Crippen molar-refractivity contribution in [3.63, 3.8) is 0 Å². The van der Waals surface area contributed by atoms with Crippen LogP contribution in [0.15, 0.2) is 24.3 Å². The molecule has 0 bridgehead atoms. The van der Waals surface area contributed by atoms with Gasteiger partial charge in [-0.1, -0.05) is 26.0 Å². The molecule has 0 fully saturated rings. The number of carbonyl (C=O) groups is 1. The van der Waals surface area contributed by atoms with Crippen LogP contribution < -0.4 is 4.90 Å². The summed E-state index contributed by atoms with van der Waals surface area (Å²) in [5, 5.41) is 0. The number of rotatable bonds is 3. The maximum Gasteiger partial charge on any atom is 0.167 e. The first kappa shape index (κ1) is 10.8. The molecule has 0 aliphatic heterocycles. The lowest BCUT2D eigenvalue weighted by Gasteiger charge is -2.17. The third-order valence-corrected chi connectivity index (χ3v) is 2.18. The summed E-state index contributed by atoms with van der Waals surface area (Å²) in [5.41, 5.74) is 1.80. The van der Waals surface area contributed by atoms with E-state index < -0.39 is 0 Å². The highest BCUT2D eigenvalue weighted by atomic mass is 16.1. The van der Waals surface area contributed by atoms with Gasteiger partial charge in [0, 0.05) is 31.3 Å². The zero-order chi connectivity index (χ0) is 10.7. The molecule has 1 aromatic carbocycles. The first-order chi connectivity index (χ1) is 6.54. The van der Waals surface area contributed by atoms with Crippen molar-refractivity contribution in [2.75, 3.05) is 19.0 Å². The Kier molecular flexibility index (Phi) is 3.28. The SMILES string of the molecule is CC(C)C(=O)c1ccccc1N(C)C.